The number of pyridine rings is 1. The second-order valence-electron chi connectivity index (χ2n) is 10.8. The minimum absolute atomic E-state index is 0.136. The Labute approximate surface area is 222 Å². The van der Waals surface area contributed by atoms with Crippen LogP contribution in [0.2, 0.25) is 5.15 Å². The van der Waals surface area contributed by atoms with Crippen LogP contribution in [0.5, 0.6) is 0 Å². The number of piperazine rings is 1. The van der Waals surface area contributed by atoms with Crippen molar-refractivity contribution in [3.63, 3.8) is 0 Å². The number of aromatic nitrogens is 3. The fourth-order valence-corrected chi connectivity index (χ4v) is 6.21. The Balaban J connectivity index is 1.95. The lowest BCUT2D eigenvalue weighted by Gasteiger charge is -2.51. The molecule has 2 aliphatic rings. The van der Waals surface area contributed by atoms with E-state index in [1.807, 2.05) is 39.5 Å². The number of carbonyl (C=O) groups is 1. The van der Waals surface area contributed by atoms with Crippen LogP contribution in [-0.4, -0.2) is 70.4 Å². The van der Waals surface area contributed by atoms with E-state index in [-0.39, 0.29) is 40.6 Å². The molecule has 0 bridgehead atoms. The molecule has 2 aromatic heterocycles. The number of anilines is 1. The van der Waals surface area contributed by atoms with Crippen molar-refractivity contribution in [1.29, 1.82) is 0 Å². The van der Waals surface area contributed by atoms with E-state index in [2.05, 4.69) is 15.0 Å². The Morgan fingerprint density at radius 1 is 1.19 bits per heavy atom. The molecule has 12 heteroatoms. The summed E-state index contributed by atoms with van der Waals surface area (Å²) in [6, 6.07) is -0.696. The van der Waals surface area contributed by atoms with Crippen LogP contribution in [0.25, 0.3) is 10.9 Å². The quantitative estimate of drug-likeness (QED) is 0.388. The van der Waals surface area contributed by atoms with Crippen molar-refractivity contribution < 1.29 is 22.3 Å². The zero-order chi connectivity index (χ0) is 27.3. The van der Waals surface area contributed by atoms with E-state index in [0.29, 0.717) is 36.3 Å². The summed E-state index contributed by atoms with van der Waals surface area (Å²) in [6.45, 7) is 11.4. The first kappa shape index (κ1) is 27.8. The summed E-state index contributed by atoms with van der Waals surface area (Å²) >= 11 is 6.13. The monoisotopic (exact) mass is 555 g/mol. The van der Waals surface area contributed by atoms with E-state index in [1.165, 1.54) is 6.92 Å². The van der Waals surface area contributed by atoms with Gasteiger partial charge in [0.1, 0.15) is 16.9 Å². The van der Waals surface area contributed by atoms with E-state index in [9.17, 15) is 13.2 Å². The zero-order valence-corrected chi connectivity index (χ0v) is 23.8. The van der Waals surface area contributed by atoms with E-state index >= 15 is 4.39 Å². The fraction of sp³-hybridized carbons (Fsp3) is 0.680. The summed E-state index contributed by atoms with van der Waals surface area (Å²) in [5.74, 6) is -0.759. The Bertz CT molecular complexity index is 1320. The number of rotatable bonds is 3. The number of hydrogen-bond acceptors (Lipinski definition) is 8. The minimum atomic E-state index is -3.85. The van der Waals surface area contributed by atoms with Crippen LogP contribution < -0.4 is 4.90 Å². The normalized spacial score (nSPS) is 22.8. The highest BCUT2D eigenvalue weighted by Gasteiger charge is 2.44. The van der Waals surface area contributed by atoms with Gasteiger partial charge in [-0.15, -0.1) is 0 Å². The van der Waals surface area contributed by atoms with Gasteiger partial charge in [-0.3, -0.25) is 4.90 Å². The first-order valence-electron chi connectivity index (χ1n) is 12.8. The Hall–Kier alpha value is -2.27. The molecule has 204 valence electrons. The van der Waals surface area contributed by atoms with Gasteiger partial charge in [-0.2, -0.15) is 0 Å². The van der Waals surface area contributed by atoms with Crippen LogP contribution in [0.3, 0.4) is 0 Å². The van der Waals surface area contributed by atoms with Gasteiger partial charge < -0.3 is 9.64 Å². The highest BCUT2D eigenvalue weighted by molar-refractivity contribution is 7.91. The van der Waals surface area contributed by atoms with Crippen LogP contribution in [0.4, 0.5) is 15.0 Å². The Morgan fingerprint density at radius 3 is 2.51 bits per heavy atom. The molecule has 1 amide bonds. The summed E-state index contributed by atoms with van der Waals surface area (Å²) in [7, 11) is -3.85. The number of carbonyl (C=O) groups excluding carboxylic acids is 1. The molecule has 1 fully saturated rings. The van der Waals surface area contributed by atoms with Crippen molar-refractivity contribution in [3.05, 3.63) is 16.7 Å². The SMILES string of the molecule is CC[C@@H]1CN2c3nc(S(=O)(=O)CC)nc4c(F)c(Cl)nc(c34)CCCC[C@@H]2[C@H](C)N1C(=O)OC(C)(C)C. The number of halogens is 2. The second-order valence-corrected chi connectivity index (χ2v) is 13.3. The van der Waals surface area contributed by atoms with E-state index < -0.39 is 26.4 Å². The highest BCUT2D eigenvalue weighted by Crippen LogP contribution is 2.39. The van der Waals surface area contributed by atoms with Gasteiger partial charge in [0.15, 0.2) is 11.0 Å². The number of ether oxygens (including phenoxy) is 1. The summed E-state index contributed by atoms with van der Waals surface area (Å²) in [6.07, 6.45) is 3.09. The van der Waals surface area contributed by atoms with E-state index in [4.69, 9.17) is 16.3 Å². The summed E-state index contributed by atoms with van der Waals surface area (Å²) < 4.78 is 46.8. The third-order valence-electron chi connectivity index (χ3n) is 7.15. The molecule has 0 radical (unpaired) electrons. The van der Waals surface area contributed by atoms with Crippen molar-refractivity contribution in [1.82, 2.24) is 19.9 Å². The standard InChI is InChI=1S/C25H35ClFN5O4S/c1-7-15-13-31-17(14(3)32(15)24(33)36-25(4,5)6)12-10-9-11-16-18-20(19(27)21(26)28-16)29-23(30-22(18)31)37(34,35)8-2/h14-15,17H,7-13H2,1-6H3/t14-,15+,17+/m0/s1. The molecule has 0 unspecified atom stereocenters. The Kier molecular flexibility index (Phi) is 7.60. The third kappa shape index (κ3) is 5.21. The predicted molar refractivity (Wildman–Crippen MR) is 140 cm³/mol. The average molecular weight is 556 g/mol. The molecule has 2 aliphatic heterocycles. The minimum Gasteiger partial charge on any atom is -0.444 e. The number of nitrogens with zero attached hydrogens (tertiary/aromatic N) is 5. The molecule has 4 rings (SSSR count). The molecule has 0 N–H and O–H groups in total. The topological polar surface area (TPSA) is 106 Å². The third-order valence-corrected chi connectivity index (χ3v) is 8.90. The van der Waals surface area contributed by atoms with Crippen molar-refractivity contribution in [2.24, 2.45) is 0 Å². The molecule has 0 aliphatic carbocycles. The number of hydrogen-bond donors (Lipinski definition) is 0. The molecule has 3 atom stereocenters. The lowest BCUT2D eigenvalue weighted by molar-refractivity contribution is -0.00401. The van der Waals surface area contributed by atoms with Crippen LogP contribution in [0.1, 0.15) is 72.9 Å². The van der Waals surface area contributed by atoms with Crippen LogP contribution in [-0.2, 0) is 21.0 Å². The number of amides is 1. The van der Waals surface area contributed by atoms with Crippen LogP contribution >= 0.6 is 11.6 Å². The molecule has 37 heavy (non-hydrogen) atoms. The molecule has 0 saturated carbocycles. The lowest BCUT2D eigenvalue weighted by atomic mass is 9.93. The molecular weight excluding hydrogens is 521 g/mol. The second kappa shape index (κ2) is 10.1. The maximum Gasteiger partial charge on any atom is 0.410 e. The lowest BCUT2D eigenvalue weighted by Crippen LogP contribution is -2.65. The molecule has 4 heterocycles. The van der Waals surface area contributed by atoms with Crippen molar-refractivity contribution in [3.8, 4) is 0 Å². The first-order chi connectivity index (χ1) is 17.3. The van der Waals surface area contributed by atoms with Gasteiger partial charge in [0.25, 0.3) is 0 Å². The van der Waals surface area contributed by atoms with Gasteiger partial charge >= 0.3 is 6.09 Å². The summed E-state index contributed by atoms with van der Waals surface area (Å²) in [5.41, 5.74) is -0.232. The largest absolute Gasteiger partial charge is 0.444 e. The smallest absolute Gasteiger partial charge is 0.410 e. The average Bonchev–Trinajstić information content (AvgIpc) is 2.89. The van der Waals surface area contributed by atoms with Crippen molar-refractivity contribution >= 4 is 44.3 Å². The summed E-state index contributed by atoms with van der Waals surface area (Å²) in [5, 5.41) is -0.383. The van der Waals surface area contributed by atoms with Gasteiger partial charge in [-0.25, -0.2) is 32.6 Å². The number of fused-ring (bicyclic) bond motifs is 2. The Morgan fingerprint density at radius 2 is 1.89 bits per heavy atom. The number of sulfone groups is 1. The molecule has 0 spiro atoms. The molecule has 0 aromatic carbocycles. The van der Waals surface area contributed by atoms with Crippen molar-refractivity contribution in [2.75, 3.05) is 17.2 Å². The van der Waals surface area contributed by atoms with Gasteiger partial charge in [-0.1, -0.05) is 31.9 Å². The molecule has 2 aromatic rings. The fourth-order valence-electron chi connectivity index (χ4n) is 5.30. The zero-order valence-electron chi connectivity index (χ0n) is 22.2. The highest BCUT2D eigenvalue weighted by atomic mass is 35.5. The maximum atomic E-state index is 15.3. The summed E-state index contributed by atoms with van der Waals surface area (Å²) in [4.78, 5) is 30.1. The van der Waals surface area contributed by atoms with Gasteiger partial charge in [0.05, 0.1) is 35.0 Å². The van der Waals surface area contributed by atoms with Crippen LogP contribution in [0.15, 0.2) is 5.16 Å². The van der Waals surface area contributed by atoms with E-state index in [0.717, 1.165) is 19.3 Å². The predicted octanol–water partition coefficient (Wildman–Crippen LogP) is 4.93. The van der Waals surface area contributed by atoms with E-state index in [1.54, 1.807) is 4.90 Å². The molecular formula is C25H35ClFN5O4S. The van der Waals surface area contributed by atoms with Crippen LogP contribution in [0, 0.1) is 5.82 Å². The first-order valence-corrected chi connectivity index (χ1v) is 14.9. The van der Waals surface area contributed by atoms with Gasteiger partial charge in [-0.05, 0) is 53.4 Å². The molecule has 1 saturated heterocycles. The van der Waals surface area contributed by atoms with Gasteiger partial charge in [0, 0.05) is 6.54 Å². The number of aryl methyl sites for hydroxylation is 1. The maximum absolute atomic E-state index is 15.3. The van der Waals surface area contributed by atoms with Crippen molar-refractivity contribution in [2.45, 2.75) is 103 Å². The molecule has 9 nitrogen and oxygen atoms in total. The van der Waals surface area contributed by atoms with Gasteiger partial charge in [0.2, 0.25) is 15.0 Å².